The first-order valence-corrected chi connectivity index (χ1v) is 7.37. The van der Waals surface area contributed by atoms with E-state index in [0.717, 1.165) is 22.3 Å². The average Bonchev–Trinajstić information content (AvgIpc) is 2.82. The number of aromatic amines is 1. The minimum Gasteiger partial charge on any atom is -0.358 e. The molecule has 0 aliphatic rings. The van der Waals surface area contributed by atoms with Crippen LogP contribution in [-0.4, -0.2) is 15.9 Å². The molecule has 0 spiro atoms. The van der Waals surface area contributed by atoms with Crippen molar-refractivity contribution in [2.24, 2.45) is 0 Å². The fourth-order valence-corrected chi connectivity index (χ4v) is 2.59. The fraction of sp³-hybridized carbons (Fsp3) is 0.222. The topological polar surface area (TPSA) is 57.8 Å². The molecule has 0 aliphatic heterocycles. The second-order valence-corrected chi connectivity index (χ2v) is 5.59. The molecule has 1 aromatic carbocycles. The van der Waals surface area contributed by atoms with E-state index in [2.05, 4.69) is 22.2 Å². The second kappa shape index (κ2) is 5.64. The normalized spacial score (nSPS) is 12.3. The van der Waals surface area contributed by atoms with Crippen LogP contribution < -0.4 is 5.32 Å². The summed E-state index contributed by atoms with van der Waals surface area (Å²) in [7, 11) is 0. The Labute approximate surface area is 129 Å². The molecule has 0 fully saturated rings. The number of amides is 1. The molecular weight excluding hydrogens is 274 g/mol. The first-order valence-electron chi connectivity index (χ1n) is 7.37. The van der Waals surface area contributed by atoms with E-state index in [1.165, 1.54) is 5.56 Å². The van der Waals surface area contributed by atoms with Crippen molar-refractivity contribution in [3.8, 4) is 0 Å². The van der Waals surface area contributed by atoms with Crippen molar-refractivity contribution in [3.63, 3.8) is 0 Å². The summed E-state index contributed by atoms with van der Waals surface area (Å²) >= 11 is 0. The molecule has 4 nitrogen and oxygen atoms in total. The van der Waals surface area contributed by atoms with Gasteiger partial charge in [0.15, 0.2) is 0 Å². The van der Waals surface area contributed by atoms with Crippen molar-refractivity contribution in [2.45, 2.75) is 26.8 Å². The van der Waals surface area contributed by atoms with E-state index in [0.29, 0.717) is 5.56 Å². The van der Waals surface area contributed by atoms with Crippen LogP contribution in [0.25, 0.3) is 10.9 Å². The number of carbonyl (C=O) groups is 1. The van der Waals surface area contributed by atoms with E-state index in [-0.39, 0.29) is 11.9 Å². The summed E-state index contributed by atoms with van der Waals surface area (Å²) in [6, 6.07) is 11.3. The number of nitrogens with zero attached hydrogens (tertiary/aromatic N) is 1. The number of hydrogen-bond donors (Lipinski definition) is 2. The molecule has 112 valence electrons. The Morgan fingerprint density at radius 3 is 2.77 bits per heavy atom. The number of rotatable bonds is 3. The molecule has 0 saturated heterocycles. The lowest BCUT2D eigenvalue weighted by Crippen LogP contribution is -2.27. The van der Waals surface area contributed by atoms with E-state index in [1.54, 1.807) is 6.20 Å². The Bertz CT molecular complexity index is 821. The summed E-state index contributed by atoms with van der Waals surface area (Å²) in [6.45, 7) is 6.04. The average molecular weight is 293 g/mol. The maximum atomic E-state index is 12.4. The summed E-state index contributed by atoms with van der Waals surface area (Å²) in [6.07, 6.45) is 1.73. The zero-order valence-electron chi connectivity index (χ0n) is 13.0. The summed E-state index contributed by atoms with van der Waals surface area (Å²) in [5.41, 5.74) is 4.89. The molecule has 0 aliphatic carbocycles. The van der Waals surface area contributed by atoms with Crippen LogP contribution in [0.15, 0.2) is 42.6 Å². The van der Waals surface area contributed by atoms with Gasteiger partial charge in [0, 0.05) is 28.4 Å². The highest BCUT2D eigenvalue weighted by atomic mass is 16.1. The highest BCUT2D eigenvalue weighted by Crippen LogP contribution is 2.22. The number of pyridine rings is 1. The van der Waals surface area contributed by atoms with E-state index in [4.69, 9.17) is 0 Å². The summed E-state index contributed by atoms with van der Waals surface area (Å²) in [4.78, 5) is 20.0. The fourth-order valence-electron chi connectivity index (χ4n) is 2.59. The molecule has 3 rings (SSSR count). The van der Waals surface area contributed by atoms with E-state index >= 15 is 0 Å². The van der Waals surface area contributed by atoms with Crippen LogP contribution in [0.2, 0.25) is 0 Å². The van der Waals surface area contributed by atoms with Crippen molar-refractivity contribution in [3.05, 3.63) is 65.1 Å². The first kappa shape index (κ1) is 14.3. The maximum absolute atomic E-state index is 12.4. The molecule has 2 heterocycles. The van der Waals surface area contributed by atoms with Gasteiger partial charge in [0.2, 0.25) is 0 Å². The number of hydrogen-bond acceptors (Lipinski definition) is 2. The van der Waals surface area contributed by atoms with Crippen LogP contribution in [0.1, 0.15) is 40.3 Å². The molecule has 3 aromatic rings. The number of aromatic nitrogens is 2. The van der Waals surface area contributed by atoms with Gasteiger partial charge in [0.25, 0.3) is 5.91 Å². The number of H-pyrrole nitrogens is 1. The van der Waals surface area contributed by atoms with Crippen LogP contribution in [0, 0.1) is 13.8 Å². The second-order valence-electron chi connectivity index (χ2n) is 5.59. The number of fused-ring (bicyclic) bond motifs is 1. The first-order chi connectivity index (χ1) is 10.6. The molecule has 2 aromatic heterocycles. The van der Waals surface area contributed by atoms with Crippen LogP contribution in [-0.2, 0) is 0 Å². The lowest BCUT2D eigenvalue weighted by Gasteiger charge is -2.13. The number of nitrogens with one attached hydrogen (secondary N) is 2. The quantitative estimate of drug-likeness (QED) is 0.774. The SMILES string of the molecule is Cc1[nH]c2ccc(C(=O)NC(C)c3ccccn3)cc2c1C. The Morgan fingerprint density at radius 1 is 1.23 bits per heavy atom. The number of benzene rings is 1. The van der Waals surface area contributed by atoms with Gasteiger partial charge in [-0.15, -0.1) is 0 Å². The Kier molecular flexibility index (Phi) is 3.67. The van der Waals surface area contributed by atoms with Gasteiger partial charge in [-0.1, -0.05) is 6.07 Å². The lowest BCUT2D eigenvalue weighted by atomic mass is 10.1. The zero-order valence-corrected chi connectivity index (χ0v) is 13.0. The lowest BCUT2D eigenvalue weighted by molar-refractivity contribution is 0.0939. The smallest absolute Gasteiger partial charge is 0.251 e. The van der Waals surface area contributed by atoms with Crippen LogP contribution >= 0.6 is 0 Å². The van der Waals surface area contributed by atoms with Crippen LogP contribution in [0.5, 0.6) is 0 Å². The third-order valence-electron chi connectivity index (χ3n) is 4.05. The molecule has 22 heavy (non-hydrogen) atoms. The van der Waals surface area contributed by atoms with Crippen molar-refractivity contribution < 1.29 is 4.79 Å². The van der Waals surface area contributed by atoms with Crippen molar-refractivity contribution >= 4 is 16.8 Å². The van der Waals surface area contributed by atoms with Gasteiger partial charge < -0.3 is 10.3 Å². The molecule has 0 saturated carbocycles. The summed E-state index contributed by atoms with van der Waals surface area (Å²) in [5, 5.41) is 4.08. The molecule has 0 bridgehead atoms. The Hall–Kier alpha value is -2.62. The Balaban J connectivity index is 1.84. The van der Waals surface area contributed by atoms with Gasteiger partial charge in [-0.3, -0.25) is 9.78 Å². The number of carbonyl (C=O) groups excluding carboxylic acids is 1. The Morgan fingerprint density at radius 2 is 2.05 bits per heavy atom. The summed E-state index contributed by atoms with van der Waals surface area (Å²) in [5.74, 6) is -0.0849. The molecule has 4 heteroatoms. The van der Waals surface area contributed by atoms with Gasteiger partial charge in [-0.05, 0) is 56.7 Å². The van der Waals surface area contributed by atoms with Gasteiger partial charge in [-0.25, -0.2) is 0 Å². The maximum Gasteiger partial charge on any atom is 0.251 e. The minimum absolute atomic E-state index is 0.0849. The van der Waals surface area contributed by atoms with Gasteiger partial charge in [0.1, 0.15) is 0 Å². The molecule has 2 N–H and O–H groups in total. The van der Waals surface area contributed by atoms with E-state index in [9.17, 15) is 4.79 Å². The van der Waals surface area contributed by atoms with Gasteiger partial charge in [0.05, 0.1) is 11.7 Å². The summed E-state index contributed by atoms with van der Waals surface area (Å²) < 4.78 is 0. The standard InChI is InChI=1S/C18H19N3O/c1-11-12(2)20-17-8-7-14(10-15(11)17)18(22)21-13(3)16-6-4-5-9-19-16/h4-10,13,20H,1-3H3,(H,21,22). The monoisotopic (exact) mass is 293 g/mol. The predicted molar refractivity (Wildman–Crippen MR) is 87.9 cm³/mol. The van der Waals surface area contributed by atoms with Crippen molar-refractivity contribution in [2.75, 3.05) is 0 Å². The minimum atomic E-state index is -0.126. The van der Waals surface area contributed by atoms with Crippen LogP contribution in [0.4, 0.5) is 0 Å². The third kappa shape index (κ3) is 2.60. The van der Waals surface area contributed by atoms with Crippen molar-refractivity contribution in [1.82, 2.24) is 15.3 Å². The molecule has 0 radical (unpaired) electrons. The number of aryl methyl sites for hydroxylation is 2. The van der Waals surface area contributed by atoms with Gasteiger partial charge >= 0.3 is 0 Å². The van der Waals surface area contributed by atoms with E-state index in [1.807, 2.05) is 50.2 Å². The largest absolute Gasteiger partial charge is 0.358 e. The third-order valence-corrected chi connectivity index (χ3v) is 4.05. The van der Waals surface area contributed by atoms with E-state index < -0.39 is 0 Å². The van der Waals surface area contributed by atoms with Crippen LogP contribution in [0.3, 0.4) is 0 Å². The molecule has 1 unspecified atom stereocenters. The molecular formula is C18H19N3O. The van der Waals surface area contributed by atoms with Gasteiger partial charge in [-0.2, -0.15) is 0 Å². The highest BCUT2D eigenvalue weighted by Gasteiger charge is 2.13. The predicted octanol–water partition coefficient (Wildman–Crippen LogP) is 3.67. The van der Waals surface area contributed by atoms with Crippen molar-refractivity contribution in [1.29, 1.82) is 0 Å². The molecule has 1 atom stereocenters. The highest BCUT2D eigenvalue weighted by molar-refractivity contribution is 5.99. The molecule has 1 amide bonds. The zero-order chi connectivity index (χ0) is 15.7.